The lowest BCUT2D eigenvalue weighted by molar-refractivity contribution is 0.196. The molecule has 2 N–H and O–H groups in total. The quantitative estimate of drug-likeness (QED) is 0.389. The van der Waals surface area contributed by atoms with E-state index in [1.54, 1.807) is 19.5 Å². The number of rotatable bonds is 6. The second-order valence-corrected chi connectivity index (χ2v) is 8.81. The molecule has 2 heterocycles. The molecular formula is C26H27N5O3. The number of methoxy groups -OCH3 is 1. The van der Waals surface area contributed by atoms with Gasteiger partial charge in [-0.2, -0.15) is 0 Å². The predicted octanol–water partition coefficient (Wildman–Crippen LogP) is 5.60. The summed E-state index contributed by atoms with van der Waals surface area (Å²) in [5.74, 6) is 1.12. The Balaban J connectivity index is 1.80. The van der Waals surface area contributed by atoms with Crippen LogP contribution in [0.1, 0.15) is 26.5 Å². The van der Waals surface area contributed by atoms with Crippen molar-refractivity contribution in [3.63, 3.8) is 0 Å². The Hall–Kier alpha value is -4.20. The number of benzene rings is 2. The minimum absolute atomic E-state index is 0.463. The largest absolute Gasteiger partial charge is 0.497 e. The van der Waals surface area contributed by atoms with Gasteiger partial charge in [-0.3, -0.25) is 9.88 Å². The number of aromatic nitrogens is 3. The summed E-state index contributed by atoms with van der Waals surface area (Å²) in [7, 11) is 1.59. The minimum atomic E-state index is -1.03. The van der Waals surface area contributed by atoms with Gasteiger partial charge in [0.25, 0.3) is 0 Å². The molecule has 174 valence electrons. The third-order valence-corrected chi connectivity index (χ3v) is 5.35. The fourth-order valence-electron chi connectivity index (χ4n) is 3.81. The Morgan fingerprint density at radius 1 is 1.06 bits per heavy atom. The van der Waals surface area contributed by atoms with Crippen molar-refractivity contribution in [2.45, 2.75) is 32.9 Å². The molecule has 0 saturated heterocycles. The van der Waals surface area contributed by atoms with Crippen LogP contribution in [-0.2, 0) is 6.54 Å². The number of ether oxygens (including phenoxy) is 1. The number of pyridine rings is 1. The minimum Gasteiger partial charge on any atom is -0.497 e. The normalized spacial score (nSPS) is 11.3. The van der Waals surface area contributed by atoms with E-state index in [1.165, 1.54) is 4.90 Å². The van der Waals surface area contributed by atoms with E-state index in [4.69, 9.17) is 4.74 Å². The van der Waals surface area contributed by atoms with Crippen LogP contribution in [0, 0.1) is 0 Å². The molecule has 0 aliphatic carbocycles. The Morgan fingerprint density at radius 3 is 2.56 bits per heavy atom. The van der Waals surface area contributed by atoms with Crippen LogP contribution in [-0.4, -0.2) is 38.8 Å². The molecular weight excluding hydrogens is 430 g/mol. The monoisotopic (exact) mass is 457 g/mol. The highest BCUT2D eigenvalue weighted by molar-refractivity contribution is 6.04. The van der Waals surface area contributed by atoms with Gasteiger partial charge in [-0.05, 0) is 68.6 Å². The fourth-order valence-corrected chi connectivity index (χ4v) is 3.81. The average Bonchev–Trinajstić information content (AvgIpc) is 2.82. The molecule has 2 aromatic carbocycles. The standard InChI is InChI=1S/C26H27N5O3/c1-26(2,3)31(25(32)33)23-14-18(13-17-8-9-20(34-4)15-21(17)23)22-10-12-28-24(30-22)29-16-19-7-5-6-11-27-19/h5-15H,16H2,1-4H3,(H,32,33)(H,28,29,30). The molecule has 0 bridgehead atoms. The first-order valence-electron chi connectivity index (χ1n) is 10.9. The highest BCUT2D eigenvalue weighted by Crippen LogP contribution is 2.37. The van der Waals surface area contributed by atoms with Crippen molar-refractivity contribution in [2.75, 3.05) is 17.3 Å². The van der Waals surface area contributed by atoms with Crippen molar-refractivity contribution < 1.29 is 14.6 Å². The van der Waals surface area contributed by atoms with Crippen molar-refractivity contribution in [1.29, 1.82) is 0 Å². The van der Waals surface area contributed by atoms with Crippen LogP contribution in [0.2, 0.25) is 0 Å². The fraction of sp³-hybridized carbons (Fsp3) is 0.231. The molecule has 8 heteroatoms. The zero-order chi connectivity index (χ0) is 24.3. The SMILES string of the molecule is COc1ccc2cc(-c3ccnc(NCc4ccccn4)n3)cc(N(C(=O)O)C(C)(C)C)c2c1. The van der Waals surface area contributed by atoms with E-state index in [1.807, 2.05) is 75.4 Å². The first-order valence-corrected chi connectivity index (χ1v) is 10.9. The first-order chi connectivity index (χ1) is 16.3. The lowest BCUT2D eigenvalue weighted by Crippen LogP contribution is -2.45. The molecule has 0 aliphatic heterocycles. The summed E-state index contributed by atoms with van der Waals surface area (Å²) in [5, 5.41) is 14.9. The number of anilines is 2. The summed E-state index contributed by atoms with van der Waals surface area (Å²) >= 11 is 0. The summed E-state index contributed by atoms with van der Waals surface area (Å²) < 4.78 is 5.40. The molecule has 1 amide bonds. The Bertz CT molecular complexity index is 1320. The molecule has 0 spiro atoms. The third-order valence-electron chi connectivity index (χ3n) is 5.35. The van der Waals surface area contributed by atoms with Gasteiger partial charge in [-0.25, -0.2) is 14.8 Å². The topological polar surface area (TPSA) is 100 Å². The number of amides is 1. The molecule has 0 radical (unpaired) electrons. The van der Waals surface area contributed by atoms with E-state index in [0.717, 1.165) is 22.0 Å². The third kappa shape index (κ3) is 4.91. The van der Waals surface area contributed by atoms with E-state index in [2.05, 4.69) is 20.3 Å². The summed E-state index contributed by atoms with van der Waals surface area (Å²) in [6.07, 6.45) is 2.39. The van der Waals surface area contributed by atoms with Gasteiger partial charge in [0.1, 0.15) is 5.75 Å². The van der Waals surface area contributed by atoms with Crippen molar-refractivity contribution in [3.05, 3.63) is 72.7 Å². The molecule has 2 aromatic heterocycles. The van der Waals surface area contributed by atoms with E-state index in [0.29, 0.717) is 29.6 Å². The van der Waals surface area contributed by atoms with Gasteiger partial charge < -0.3 is 15.2 Å². The van der Waals surface area contributed by atoms with Crippen molar-refractivity contribution in [3.8, 4) is 17.0 Å². The maximum atomic E-state index is 12.3. The van der Waals surface area contributed by atoms with Crippen molar-refractivity contribution >= 4 is 28.5 Å². The number of hydrogen-bond donors (Lipinski definition) is 2. The van der Waals surface area contributed by atoms with Crippen LogP contribution < -0.4 is 15.0 Å². The highest BCUT2D eigenvalue weighted by atomic mass is 16.5. The van der Waals surface area contributed by atoms with Gasteiger partial charge >= 0.3 is 6.09 Å². The molecule has 0 aliphatic rings. The zero-order valence-corrected chi connectivity index (χ0v) is 19.6. The predicted molar refractivity (Wildman–Crippen MR) is 133 cm³/mol. The van der Waals surface area contributed by atoms with Gasteiger partial charge in [-0.15, -0.1) is 0 Å². The first kappa shape index (κ1) is 23.0. The van der Waals surface area contributed by atoms with E-state index in [-0.39, 0.29) is 0 Å². The molecule has 8 nitrogen and oxygen atoms in total. The average molecular weight is 458 g/mol. The van der Waals surface area contributed by atoms with Gasteiger partial charge in [0.15, 0.2) is 0 Å². The smallest absolute Gasteiger partial charge is 0.412 e. The van der Waals surface area contributed by atoms with Crippen LogP contribution in [0.3, 0.4) is 0 Å². The number of carboxylic acid groups (broad SMARTS) is 1. The zero-order valence-electron chi connectivity index (χ0n) is 19.6. The number of carbonyl (C=O) groups is 1. The van der Waals surface area contributed by atoms with Crippen LogP contribution in [0.25, 0.3) is 22.0 Å². The number of nitrogens with one attached hydrogen (secondary N) is 1. The maximum absolute atomic E-state index is 12.3. The van der Waals surface area contributed by atoms with Crippen LogP contribution in [0.4, 0.5) is 16.4 Å². The van der Waals surface area contributed by atoms with Gasteiger partial charge in [0.2, 0.25) is 5.95 Å². The Labute approximate surface area is 198 Å². The van der Waals surface area contributed by atoms with Crippen molar-refractivity contribution in [1.82, 2.24) is 15.0 Å². The molecule has 0 fully saturated rings. The summed E-state index contributed by atoms with van der Waals surface area (Å²) in [6.45, 7) is 6.09. The van der Waals surface area contributed by atoms with Gasteiger partial charge in [-0.1, -0.05) is 12.1 Å². The lowest BCUT2D eigenvalue weighted by atomic mass is 9.98. The summed E-state index contributed by atoms with van der Waals surface area (Å²) in [6, 6.07) is 17.0. The van der Waals surface area contributed by atoms with Gasteiger partial charge in [0, 0.05) is 28.9 Å². The second-order valence-electron chi connectivity index (χ2n) is 8.81. The van der Waals surface area contributed by atoms with E-state index < -0.39 is 11.6 Å². The number of fused-ring (bicyclic) bond motifs is 1. The number of nitrogens with zero attached hydrogens (tertiary/aromatic N) is 4. The van der Waals surface area contributed by atoms with Crippen LogP contribution in [0.15, 0.2) is 67.0 Å². The number of hydrogen-bond acceptors (Lipinski definition) is 6. The Kier molecular flexibility index (Phi) is 6.32. The summed E-state index contributed by atoms with van der Waals surface area (Å²) in [4.78, 5) is 27.0. The van der Waals surface area contributed by atoms with Gasteiger partial charge in [0.05, 0.1) is 30.7 Å². The highest BCUT2D eigenvalue weighted by Gasteiger charge is 2.30. The molecule has 4 aromatic rings. The molecule has 34 heavy (non-hydrogen) atoms. The maximum Gasteiger partial charge on any atom is 0.412 e. The summed E-state index contributed by atoms with van der Waals surface area (Å²) in [5.41, 5.74) is 2.23. The molecule has 4 rings (SSSR count). The van der Waals surface area contributed by atoms with Crippen LogP contribution >= 0.6 is 0 Å². The van der Waals surface area contributed by atoms with Crippen LogP contribution in [0.5, 0.6) is 5.75 Å². The van der Waals surface area contributed by atoms with E-state index >= 15 is 0 Å². The van der Waals surface area contributed by atoms with E-state index in [9.17, 15) is 9.90 Å². The Morgan fingerprint density at radius 2 is 1.88 bits per heavy atom. The lowest BCUT2D eigenvalue weighted by Gasteiger charge is -2.34. The molecule has 0 unspecified atom stereocenters. The molecule has 0 saturated carbocycles. The van der Waals surface area contributed by atoms with Crippen molar-refractivity contribution in [2.24, 2.45) is 0 Å². The second kappa shape index (κ2) is 9.35. The molecule has 0 atom stereocenters.